The minimum absolute atomic E-state index is 0.223. The van der Waals surface area contributed by atoms with Crippen LogP contribution in [0.2, 0.25) is 5.02 Å². The van der Waals surface area contributed by atoms with Gasteiger partial charge in [0.05, 0.1) is 0 Å². The van der Waals surface area contributed by atoms with E-state index in [0.717, 1.165) is 17.8 Å². The highest BCUT2D eigenvalue weighted by atomic mass is 35.5. The lowest BCUT2D eigenvalue weighted by atomic mass is 10.2. The third-order valence-electron chi connectivity index (χ3n) is 2.56. The van der Waals surface area contributed by atoms with Gasteiger partial charge in [-0.2, -0.15) is 9.97 Å². The van der Waals surface area contributed by atoms with Crippen molar-refractivity contribution in [1.29, 1.82) is 0 Å². The number of benzene rings is 1. The van der Waals surface area contributed by atoms with E-state index in [4.69, 9.17) is 17.3 Å². The van der Waals surface area contributed by atoms with Gasteiger partial charge in [0.15, 0.2) is 0 Å². The molecule has 2 rings (SSSR count). The topological polar surface area (TPSA) is 75.9 Å². The number of nitrogen functional groups attached to an aromatic ring is 1. The molecule has 0 aliphatic carbocycles. The normalized spacial score (nSPS) is 10.3. The van der Waals surface area contributed by atoms with E-state index in [0.29, 0.717) is 16.7 Å². The minimum atomic E-state index is 0.223. The standard InChI is InChI=1S/C13H16ClN5/c1-3-16-11-7-12(19-13(15)18-11)17-10-6-9(14)5-4-8(10)2/h4-7H,3H2,1-2H3,(H4,15,16,17,18,19). The van der Waals surface area contributed by atoms with Crippen LogP contribution in [0.5, 0.6) is 0 Å². The van der Waals surface area contributed by atoms with Crippen LogP contribution < -0.4 is 16.4 Å². The van der Waals surface area contributed by atoms with Crippen LogP contribution in [0, 0.1) is 6.92 Å². The molecule has 0 fully saturated rings. The fourth-order valence-corrected chi connectivity index (χ4v) is 1.84. The Kier molecular flexibility index (Phi) is 4.06. The molecule has 1 aromatic heterocycles. The van der Waals surface area contributed by atoms with E-state index in [9.17, 15) is 0 Å². The lowest BCUT2D eigenvalue weighted by molar-refractivity contribution is 1.12. The molecule has 0 aliphatic heterocycles. The SMILES string of the molecule is CCNc1cc(Nc2cc(Cl)ccc2C)nc(N)n1. The van der Waals surface area contributed by atoms with Gasteiger partial charge in [0.2, 0.25) is 5.95 Å². The molecule has 6 heteroatoms. The molecule has 0 saturated carbocycles. The van der Waals surface area contributed by atoms with E-state index in [-0.39, 0.29) is 5.95 Å². The Balaban J connectivity index is 2.29. The first-order chi connectivity index (χ1) is 9.08. The molecule has 0 radical (unpaired) electrons. The Hall–Kier alpha value is -2.01. The summed E-state index contributed by atoms with van der Waals surface area (Å²) in [5.74, 6) is 1.55. The zero-order valence-corrected chi connectivity index (χ0v) is 11.6. The predicted octanol–water partition coefficient (Wildman–Crippen LogP) is 3.20. The maximum Gasteiger partial charge on any atom is 0.223 e. The first-order valence-corrected chi connectivity index (χ1v) is 6.38. The van der Waals surface area contributed by atoms with Crippen LogP contribution in [0.25, 0.3) is 0 Å². The fraction of sp³-hybridized carbons (Fsp3) is 0.231. The zero-order chi connectivity index (χ0) is 13.8. The molecule has 0 aliphatic rings. The van der Waals surface area contributed by atoms with Crippen LogP contribution in [0.4, 0.5) is 23.3 Å². The summed E-state index contributed by atoms with van der Waals surface area (Å²) >= 11 is 5.99. The molecule has 0 bridgehead atoms. The minimum Gasteiger partial charge on any atom is -0.370 e. The Bertz CT molecular complexity index is 585. The van der Waals surface area contributed by atoms with Crippen LogP contribution in [0.1, 0.15) is 12.5 Å². The molecule has 2 aromatic rings. The summed E-state index contributed by atoms with van der Waals surface area (Å²) in [5.41, 5.74) is 7.65. The van der Waals surface area contributed by atoms with Gasteiger partial charge in [-0.25, -0.2) is 0 Å². The van der Waals surface area contributed by atoms with Crippen LogP contribution >= 0.6 is 11.6 Å². The van der Waals surface area contributed by atoms with Gasteiger partial charge in [-0.3, -0.25) is 0 Å². The second-order valence-electron chi connectivity index (χ2n) is 4.11. The maximum absolute atomic E-state index is 5.99. The lowest BCUT2D eigenvalue weighted by Gasteiger charge is -2.11. The highest BCUT2D eigenvalue weighted by Gasteiger charge is 2.04. The van der Waals surface area contributed by atoms with Crippen molar-refractivity contribution in [3.8, 4) is 0 Å². The van der Waals surface area contributed by atoms with Crippen molar-refractivity contribution in [2.24, 2.45) is 0 Å². The lowest BCUT2D eigenvalue weighted by Crippen LogP contribution is -2.06. The highest BCUT2D eigenvalue weighted by molar-refractivity contribution is 6.30. The Morgan fingerprint density at radius 3 is 2.68 bits per heavy atom. The average molecular weight is 278 g/mol. The number of nitrogens with zero attached hydrogens (tertiary/aromatic N) is 2. The summed E-state index contributed by atoms with van der Waals surface area (Å²) in [7, 11) is 0. The van der Waals surface area contributed by atoms with Crippen LogP contribution in [-0.2, 0) is 0 Å². The monoisotopic (exact) mass is 277 g/mol. The van der Waals surface area contributed by atoms with Gasteiger partial charge in [-0.15, -0.1) is 0 Å². The van der Waals surface area contributed by atoms with Gasteiger partial charge < -0.3 is 16.4 Å². The van der Waals surface area contributed by atoms with Crippen molar-refractivity contribution in [3.05, 3.63) is 34.9 Å². The first kappa shape index (κ1) is 13.4. The molecule has 0 atom stereocenters. The third kappa shape index (κ3) is 3.48. The van der Waals surface area contributed by atoms with Crippen molar-refractivity contribution < 1.29 is 0 Å². The second-order valence-corrected chi connectivity index (χ2v) is 4.55. The van der Waals surface area contributed by atoms with Gasteiger partial charge in [0.25, 0.3) is 0 Å². The Labute approximate surface area is 117 Å². The molecule has 5 nitrogen and oxygen atoms in total. The van der Waals surface area contributed by atoms with Gasteiger partial charge in [0, 0.05) is 23.3 Å². The number of aryl methyl sites for hydroxylation is 1. The van der Waals surface area contributed by atoms with Crippen molar-refractivity contribution in [1.82, 2.24) is 9.97 Å². The number of rotatable bonds is 4. The number of halogens is 1. The summed E-state index contributed by atoms with van der Waals surface area (Å²) in [6.45, 7) is 4.76. The van der Waals surface area contributed by atoms with Crippen molar-refractivity contribution in [2.75, 3.05) is 22.9 Å². The maximum atomic E-state index is 5.99. The summed E-state index contributed by atoms with van der Waals surface area (Å²) in [6.07, 6.45) is 0. The number of nitrogens with one attached hydrogen (secondary N) is 2. The summed E-state index contributed by atoms with van der Waals surface area (Å²) < 4.78 is 0. The molecule has 1 aromatic carbocycles. The molecule has 0 saturated heterocycles. The second kappa shape index (κ2) is 5.75. The van der Waals surface area contributed by atoms with Crippen LogP contribution in [0.3, 0.4) is 0 Å². The van der Waals surface area contributed by atoms with E-state index < -0.39 is 0 Å². The number of nitrogens with two attached hydrogens (primary N) is 1. The number of aromatic nitrogens is 2. The molecule has 0 unspecified atom stereocenters. The Morgan fingerprint density at radius 1 is 1.21 bits per heavy atom. The largest absolute Gasteiger partial charge is 0.370 e. The summed E-state index contributed by atoms with van der Waals surface area (Å²) in [6, 6.07) is 7.45. The summed E-state index contributed by atoms with van der Waals surface area (Å²) in [5, 5.41) is 6.97. The van der Waals surface area contributed by atoms with Crippen LogP contribution in [-0.4, -0.2) is 16.5 Å². The molecular weight excluding hydrogens is 262 g/mol. The average Bonchev–Trinajstić information content (AvgIpc) is 2.33. The van der Waals surface area contributed by atoms with Gasteiger partial charge in [0.1, 0.15) is 11.6 Å². The number of hydrogen-bond donors (Lipinski definition) is 3. The van der Waals surface area contributed by atoms with E-state index in [1.165, 1.54) is 0 Å². The fourth-order valence-electron chi connectivity index (χ4n) is 1.67. The van der Waals surface area contributed by atoms with Gasteiger partial charge in [-0.1, -0.05) is 17.7 Å². The molecule has 0 amide bonds. The van der Waals surface area contributed by atoms with Crippen molar-refractivity contribution in [2.45, 2.75) is 13.8 Å². The molecule has 19 heavy (non-hydrogen) atoms. The van der Waals surface area contributed by atoms with Crippen LogP contribution in [0.15, 0.2) is 24.3 Å². The smallest absolute Gasteiger partial charge is 0.223 e. The van der Waals surface area contributed by atoms with Crippen molar-refractivity contribution >= 4 is 34.9 Å². The zero-order valence-electron chi connectivity index (χ0n) is 10.9. The van der Waals surface area contributed by atoms with Crippen molar-refractivity contribution in [3.63, 3.8) is 0 Å². The first-order valence-electron chi connectivity index (χ1n) is 6.00. The number of anilines is 4. The highest BCUT2D eigenvalue weighted by Crippen LogP contribution is 2.24. The molecule has 1 heterocycles. The van der Waals surface area contributed by atoms with Gasteiger partial charge in [-0.05, 0) is 31.5 Å². The van der Waals surface area contributed by atoms with E-state index in [1.54, 1.807) is 6.07 Å². The van der Waals surface area contributed by atoms with E-state index in [2.05, 4.69) is 20.6 Å². The van der Waals surface area contributed by atoms with E-state index in [1.807, 2.05) is 32.0 Å². The quantitative estimate of drug-likeness (QED) is 0.800. The van der Waals surface area contributed by atoms with E-state index >= 15 is 0 Å². The number of hydrogen-bond acceptors (Lipinski definition) is 5. The predicted molar refractivity (Wildman–Crippen MR) is 80.1 cm³/mol. The summed E-state index contributed by atoms with van der Waals surface area (Å²) in [4.78, 5) is 8.25. The molecular formula is C13H16ClN5. The molecule has 100 valence electrons. The molecule has 0 spiro atoms. The third-order valence-corrected chi connectivity index (χ3v) is 2.80. The molecule has 4 N–H and O–H groups in total. The van der Waals surface area contributed by atoms with Gasteiger partial charge >= 0.3 is 0 Å². The Morgan fingerprint density at radius 2 is 1.95 bits per heavy atom.